The lowest BCUT2D eigenvalue weighted by molar-refractivity contribution is -0.302. The van der Waals surface area contributed by atoms with Crippen molar-refractivity contribution in [3.05, 3.63) is 48.6 Å². The Balaban J connectivity index is 2.10. The molecule has 0 spiro atoms. The summed E-state index contributed by atoms with van der Waals surface area (Å²) in [7, 11) is 0. The van der Waals surface area contributed by atoms with Crippen LogP contribution in [0.15, 0.2) is 48.6 Å². The number of rotatable bonds is 63. The fraction of sp³-hybridized carbons (Fsp3) is 0.877. The molecular formula is C73H137NO8. The number of aliphatic hydroxyl groups is 5. The second kappa shape index (κ2) is 62.2. The van der Waals surface area contributed by atoms with Gasteiger partial charge in [-0.05, 0) is 51.4 Å². The predicted molar refractivity (Wildman–Crippen MR) is 350 cm³/mol. The Labute approximate surface area is 507 Å². The first kappa shape index (κ1) is 78.2. The third kappa shape index (κ3) is 50.3. The van der Waals surface area contributed by atoms with Crippen LogP contribution in [0.1, 0.15) is 354 Å². The number of allylic oxidation sites excluding steroid dienone is 8. The average Bonchev–Trinajstić information content (AvgIpc) is 3.53. The molecule has 1 fully saturated rings. The van der Waals surface area contributed by atoms with Crippen molar-refractivity contribution in [1.29, 1.82) is 0 Å². The van der Waals surface area contributed by atoms with E-state index in [1.54, 1.807) is 0 Å². The van der Waals surface area contributed by atoms with Crippen LogP contribution >= 0.6 is 0 Å². The molecule has 82 heavy (non-hydrogen) atoms. The van der Waals surface area contributed by atoms with Crippen LogP contribution in [0.25, 0.3) is 0 Å². The summed E-state index contributed by atoms with van der Waals surface area (Å²) in [6, 6.07) is -0.722. The molecule has 1 aliphatic rings. The number of nitrogens with one attached hydrogen (secondary N) is 1. The summed E-state index contributed by atoms with van der Waals surface area (Å²) in [5.41, 5.74) is 0. The molecule has 1 amide bonds. The van der Waals surface area contributed by atoms with Gasteiger partial charge >= 0.3 is 0 Å². The van der Waals surface area contributed by atoms with E-state index in [1.165, 1.54) is 263 Å². The first-order chi connectivity index (χ1) is 40.3. The highest BCUT2D eigenvalue weighted by molar-refractivity contribution is 5.76. The maximum atomic E-state index is 13.2. The van der Waals surface area contributed by atoms with Crippen LogP contribution in [0.5, 0.6) is 0 Å². The van der Waals surface area contributed by atoms with Gasteiger partial charge in [0.2, 0.25) is 5.91 Å². The molecule has 482 valence electrons. The summed E-state index contributed by atoms with van der Waals surface area (Å²) in [6.45, 7) is 3.78. The Morgan fingerprint density at radius 3 is 1.12 bits per heavy atom. The molecule has 6 N–H and O–H groups in total. The van der Waals surface area contributed by atoms with Crippen LogP contribution in [0.3, 0.4) is 0 Å². The second-order valence-electron chi connectivity index (χ2n) is 25.0. The highest BCUT2D eigenvalue weighted by Gasteiger charge is 2.44. The molecule has 7 unspecified atom stereocenters. The SMILES string of the molecule is CC/C=C\C/C=C\C/C=C\C/C=C\CCCCCCCCCCCCCCCCC(=O)NC(COC1OC(CO)C(O)C(O)C1O)C(O)CCCCCCCCCCCCCCCCCCCCCCCCCCCCCCCCCC. The lowest BCUT2D eigenvalue weighted by atomic mass is 9.99. The molecule has 0 aromatic rings. The molecule has 0 aromatic carbocycles. The lowest BCUT2D eigenvalue weighted by Crippen LogP contribution is -2.60. The molecule has 0 radical (unpaired) electrons. The quantitative estimate of drug-likeness (QED) is 0.0261. The number of hydrogen-bond donors (Lipinski definition) is 6. The van der Waals surface area contributed by atoms with Gasteiger partial charge in [-0.1, -0.05) is 345 Å². The van der Waals surface area contributed by atoms with Gasteiger partial charge in [0.05, 0.1) is 25.4 Å². The van der Waals surface area contributed by atoms with Crippen molar-refractivity contribution < 1.29 is 39.8 Å². The standard InChI is InChI=1S/C73H137NO8/c1-3-5-7-9-11-13-15-17-19-21-23-25-27-29-31-32-33-34-35-37-38-40-42-44-46-48-50-52-54-56-58-60-62-67(76)66(65-81-73-72(80)71(79)70(78)68(64-75)82-73)74-69(77)63-61-59-57-55-53-51-49-47-45-43-41-39-36-30-28-26-24-22-20-18-16-14-12-10-8-6-4-2/h6,8,12,14,18,20,24,26,66-68,70-73,75-76,78-80H,3-5,7,9-11,13,15-17,19,21-23,25,27-65H2,1-2H3,(H,74,77)/b8-6-,14-12-,20-18-,26-24-. The van der Waals surface area contributed by atoms with Crippen molar-refractivity contribution in [2.75, 3.05) is 13.2 Å². The Hall–Kier alpha value is -1.85. The van der Waals surface area contributed by atoms with Gasteiger partial charge < -0.3 is 40.3 Å². The van der Waals surface area contributed by atoms with Gasteiger partial charge in [-0.3, -0.25) is 4.79 Å². The monoisotopic (exact) mass is 1160 g/mol. The van der Waals surface area contributed by atoms with E-state index in [0.717, 1.165) is 64.2 Å². The van der Waals surface area contributed by atoms with Gasteiger partial charge in [-0.2, -0.15) is 0 Å². The van der Waals surface area contributed by atoms with Crippen molar-refractivity contribution in [2.45, 2.75) is 397 Å². The lowest BCUT2D eigenvalue weighted by Gasteiger charge is -2.40. The van der Waals surface area contributed by atoms with E-state index in [1.807, 2.05) is 0 Å². The summed E-state index contributed by atoms with van der Waals surface area (Å²) in [5.74, 6) is -0.140. The molecular weight excluding hydrogens is 1020 g/mol. The van der Waals surface area contributed by atoms with E-state index in [-0.39, 0.29) is 12.5 Å². The zero-order valence-corrected chi connectivity index (χ0v) is 54.0. The Bertz CT molecular complexity index is 1430. The van der Waals surface area contributed by atoms with Crippen molar-refractivity contribution in [1.82, 2.24) is 5.32 Å². The van der Waals surface area contributed by atoms with E-state index < -0.39 is 49.5 Å². The minimum Gasteiger partial charge on any atom is -0.394 e. The molecule has 0 aromatic heterocycles. The Morgan fingerprint density at radius 1 is 0.427 bits per heavy atom. The van der Waals surface area contributed by atoms with Crippen LogP contribution in [-0.4, -0.2) is 87.5 Å². The van der Waals surface area contributed by atoms with Gasteiger partial charge in [0, 0.05) is 6.42 Å². The van der Waals surface area contributed by atoms with E-state index in [9.17, 15) is 30.3 Å². The first-order valence-electron chi connectivity index (χ1n) is 35.8. The van der Waals surface area contributed by atoms with Gasteiger partial charge in [0.1, 0.15) is 24.4 Å². The molecule has 1 saturated heterocycles. The minimum atomic E-state index is -1.56. The van der Waals surface area contributed by atoms with Crippen molar-refractivity contribution in [3.63, 3.8) is 0 Å². The second-order valence-corrected chi connectivity index (χ2v) is 25.0. The van der Waals surface area contributed by atoms with Crippen LogP contribution in [-0.2, 0) is 14.3 Å². The fourth-order valence-electron chi connectivity index (χ4n) is 11.6. The largest absolute Gasteiger partial charge is 0.394 e. The van der Waals surface area contributed by atoms with Crippen molar-refractivity contribution in [3.8, 4) is 0 Å². The minimum absolute atomic E-state index is 0.136. The van der Waals surface area contributed by atoms with Gasteiger partial charge in [0.25, 0.3) is 0 Å². The first-order valence-corrected chi connectivity index (χ1v) is 35.8. The maximum absolute atomic E-state index is 13.2. The van der Waals surface area contributed by atoms with Crippen LogP contribution in [0.2, 0.25) is 0 Å². The van der Waals surface area contributed by atoms with E-state index in [4.69, 9.17) is 9.47 Å². The zero-order chi connectivity index (χ0) is 59.3. The molecule has 0 saturated carbocycles. The molecule has 0 bridgehead atoms. The van der Waals surface area contributed by atoms with Gasteiger partial charge in [0.15, 0.2) is 6.29 Å². The number of aliphatic hydroxyl groups excluding tert-OH is 5. The van der Waals surface area contributed by atoms with Crippen LogP contribution < -0.4 is 5.32 Å². The predicted octanol–water partition coefficient (Wildman–Crippen LogP) is 19.6. The molecule has 9 heteroatoms. The summed E-state index contributed by atoms with van der Waals surface area (Å²) < 4.78 is 11.4. The topological polar surface area (TPSA) is 149 Å². The normalized spacial score (nSPS) is 18.5. The number of hydrogen-bond acceptors (Lipinski definition) is 8. The molecule has 1 rings (SSSR count). The van der Waals surface area contributed by atoms with E-state index in [2.05, 4.69) is 67.8 Å². The summed E-state index contributed by atoms with van der Waals surface area (Å²) in [5, 5.41) is 55.0. The molecule has 1 heterocycles. The Morgan fingerprint density at radius 2 is 0.756 bits per heavy atom. The molecule has 0 aliphatic carbocycles. The number of unbranched alkanes of at least 4 members (excludes halogenated alkanes) is 45. The Kier molecular flexibility index (Phi) is 59.3. The number of amides is 1. The smallest absolute Gasteiger partial charge is 0.220 e. The van der Waals surface area contributed by atoms with Crippen LogP contribution in [0.4, 0.5) is 0 Å². The van der Waals surface area contributed by atoms with Gasteiger partial charge in [-0.15, -0.1) is 0 Å². The number of carbonyl (C=O) groups excluding carboxylic acids is 1. The highest BCUT2D eigenvalue weighted by atomic mass is 16.7. The third-order valence-electron chi connectivity index (χ3n) is 17.2. The number of carbonyl (C=O) groups is 1. The third-order valence-corrected chi connectivity index (χ3v) is 17.2. The number of ether oxygens (including phenoxy) is 2. The summed E-state index contributed by atoms with van der Waals surface area (Å²) in [4.78, 5) is 13.2. The van der Waals surface area contributed by atoms with Gasteiger partial charge in [-0.25, -0.2) is 0 Å². The molecule has 1 aliphatic heterocycles. The summed E-state index contributed by atoms with van der Waals surface area (Å²) in [6.07, 6.45) is 77.6. The fourth-order valence-corrected chi connectivity index (χ4v) is 11.6. The molecule has 9 nitrogen and oxygen atoms in total. The van der Waals surface area contributed by atoms with Crippen molar-refractivity contribution in [2.24, 2.45) is 0 Å². The summed E-state index contributed by atoms with van der Waals surface area (Å²) >= 11 is 0. The van der Waals surface area contributed by atoms with E-state index >= 15 is 0 Å². The highest BCUT2D eigenvalue weighted by Crippen LogP contribution is 2.24. The zero-order valence-electron chi connectivity index (χ0n) is 54.0. The average molecular weight is 1160 g/mol. The van der Waals surface area contributed by atoms with Crippen molar-refractivity contribution >= 4 is 5.91 Å². The van der Waals surface area contributed by atoms with Crippen LogP contribution in [0, 0.1) is 0 Å². The van der Waals surface area contributed by atoms with E-state index in [0.29, 0.717) is 12.8 Å². The maximum Gasteiger partial charge on any atom is 0.220 e. The molecule has 7 atom stereocenters.